The van der Waals surface area contributed by atoms with Crippen molar-refractivity contribution >= 4 is 22.8 Å². The van der Waals surface area contributed by atoms with Gasteiger partial charge in [0, 0.05) is 25.2 Å². The highest BCUT2D eigenvalue weighted by Gasteiger charge is 2.37. The number of rotatable bonds is 3. The first-order valence-electron chi connectivity index (χ1n) is 8.33. The Balaban J connectivity index is 1.87. The fraction of sp³-hybridized carbons (Fsp3) is 0.278. The molecule has 0 radical (unpaired) electrons. The summed E-state index contributed by atoms with van der Waals surface area (Å²) in [6.45, 7) is -0.0342. The number of carbonyl (C=O) groups excluding carboxylic acids is 1. The number of nitrogens with zero attached hydrogens (tertiary/aromatic N) is 4. The normalized spacial score (nSPS) is 19.8. The van der Waals surface area contributed by atoms with Crippen LogP contribution in [-0.2, 0) is 7.05 Å². The molecule has 0 saturated carbocycles. The molecule has 1 aromatic carbocycles. The molecule has 4 rings (SSSR count). The SMILES string of the molecule is Cn1nc(N2C[C@@H](F)C[C@@H]2c2cc(F)ccc2F)c2cc(C(N)=O)cnc21. The van der Waals surface area contributed by atoms with Gasteiger partial charge in [0.1, 0.15) is 17.8 Å². The van der Waals surface area contributed by atoms with Gasteiger partial charge in [-0.3, -0.25) is 4.79 Å². The third-order valence-corrected chi connectivity index (χ3v) is 4.78. The van der Waals surface area contributed by atoms with E-state index in [1.54, 1.807) is 11.9 Å². The van der Waals surface area contributed by atoms with E-state index >= 15 is 0 Å². The summed E-state index contributed by atoms with van der Waals surface area (Å²) in [6, 6.07) is 3.91. The van der Waals surface area contributed by atoms with Crippen molar-refractivity contribution in [1.82, 2.24) is 14.8 Å². The predicted octanol–water partition coefficient (Wildman–Crippen LogP) is 2.63. The minimum Gasteiger partial charge on any atom is -0.366 e. The lowest BCUT2D eigenvalue weighted by molar-refractivity contribution is 0.1000. The molecule has 9 heteroatoms. The van der Waals surface area contributed by atoms with Gasteiger partial charge in [0.2, 0.25) is 5.91 Å². The van der Waals surface area contributed by atoms with Crippen LogP contribution in [0.4, 0.5) is 19.0 Å². The number of anilines is 1. The van der Waals surface area contributed by atoms with Gasteiger partial charge in [0.25, 0.3) is 0 Å². The van der Waals surface area contributed by atoms with Gasteiger partial charge in [0.15, 0.2) is 11.5 Å². The highest BCUT2D eigenvalue weighted by molar-refractivity contribution is 5.98. The smallest absolute Gasteiger partial charge is 0.250 e. The molecule has 1 aliphatic rings. The number of amides is 1. The number of pyridine rings is 1. The topological polar surface area (TPSA) is 77.0 Å². The van der Waals surface area contributed by atoms with Crippen molar-refractivity contribution in [2.45, 2.75) is 18.6 Å². The summed E-state index contributed by atoms with van der Waals surface area (Å²) >= 11 is 0. The Morgan fingerprint density at radius 3 is 2.81 bits per heavy atom. The fourth-order valence-corrected chi connectivity index (χ4v) is 3.55. The summed E-state index contributed by atoms with van der Waals surface area (Å²) in [6.07, 6.45) is 0.102. The van der Waals surface area contributed by atoms with E-state index in [0.717, 1.165) is 18.2 Å². The number of nitrogens with two attached hydrogens (primary N) is 1. The molecule has 2 N–H and O–H groups in total. The largest absolute Gasteiger partial charge is 0.366 e. The Morgan fingerprint density at radius 2 is 2.07 bits per heavy atom. The van der Waals surface area contributed by atoms with Gasteiger partial charge < -0.3 is 10.6 Å². The van der Waals surface area contributed by atoms with Crippen LogP contribution in [0, 0.1) is 11.6 Å². The van der Waals surface area contributed by atoms with Crippen molar-refractivity contribution in [3.63, 3.8) is 0 Å². The molecule has 2 atom stereocenters. The first kappa shape index (κ1) is 17.3. The molecule has 1 fully saturated rings. The maximum Gasteiger partial charge on any atom is 0.250 e. The molecule has 6 nitrogen and oxygen atoms in total. The minimum atomic E-state index is -1.23. The van der Waals surface area contributed by atoms with Gasteiger partial charge >= 0.3 is 0 Å². The van der Waals surface area contributed by atoms with Crippen LogP contribution in [-0.4, -0.2) is 33.4 Å². The highest BCUT2D eigenvalue weighted by Crippen LogP contribution is 2.40. The second kappa shape index (κ2) is 6.26. The van der Waals surface area contributed by atoms with Gasteiger partial charge in [-0.05, 0) is 24.3 Å². The van der Waals surface area contributed by atoms with Crippen LogP contribution in [0.5, 0.6) is 0 Å². The average Bonchev–Trinajstić information content (AvgIpc) is 3.17. The number of benzene rings is 1. The number of aryl methyl sites for hydroxylation is 1. The fourth-order valence-electron chi connectivity index (χ4n) is 3.55. The third kappa shape index (κ3) is 2.88. The lowest BCUT2D eigenvalue weighted by Crippen LogP contribution is -2.25. The van der Waals surface area contributed by atoms with E-state index in [9.17, 15) is 18.0 Å². The predicted molar refractivity (Wildman–Crippen MR) is 93.0 cm³/mol. The van der Waals surface area contributed by atoms with Crippen molar-refractivity contribution in [3.05, 3.63) is 53.2 Å². The number of fused-ring (bicyclic) bond motifs is 1. The molecule has 27 heavy (non-hydrogen) atoms. The van der Waals surface area contributed by atoms with E-state index in [4.69, 9.17) is 5.73 Å². The second-order valence-corrected chi connectivity index (χ2v) is 6.57. The lowest BCUT2D eigenvalue weighted by Gasteiger charge is -2.25. The van der Waals surface area contributed by atoms with E-state index in [0.29, 0.717) is 16.9 Å². The molecular weight excluding hydrogens is 359 g/mol. The summed E-state index contributed by atoms with van der Waals surface area (Å²) < 4.78 is 43.7. The number of halogens is 3. The van der Waals surface area contributed by atoms with E-state index in [2.05, 4.69) is 10.1 Å². The third-order valence-electron chi connectivity index (χ3n) is 4.78. The summed E-state index contributed by atoms with van der Waals surface area (Å²) in [7, 11) is 1.66. The number of primary amides is 1. The first-order valence-corrected chi connectivity index (χ1v) is 8.33. The van der Waals surface area contributed by atoms with Crippen LogP contribution in [0.25, 0.3) is 11.0 Å². The zero-order valence-electron chi connectivity index (χ0n) is 14.4. The number of hydrogen-bond acceptors (Lipinski definition) is 4. The van der Waals surface area contributed by atoms with Crippen LogP contribution in [0.15, 0.2) is 30.5 Å². The van der Waals surface area contributed by atoms with Crippen LogP contribution < -0.4 is 10.6 Å². The number of hydrogen-bond donors (Lipinski definition) is 1. The monoisotopic (exact) mass is 375 g/mol. The van der Waals surface area contributed by atoms with Gasteiger partial charge in [0.05, 0.1) is 23.5 Å². The summed E-state index contributed by atoms with van der Waals surface area (Å²) in [5.74, 6) is -1.53. The van der Waals surface area contributed by atoms with Crippen LogP contribution in [0.2, 0.25) is 0 Å². The van der Waals surface area contributed by atoms with Crippen molar-refractivity contribution < 1.29 is 18.0 Å². The molecule has 2 aromatic heterocycles. The molecule has 0 bridgehead atoms. The van der Waals surface area contributed by atoms with E-state index in [-0.39, 0.29) is 24.1 Å². The van der Waals surface area contributed by atoms with Gasteiger partial charge in [-0.15, -0.1) is 0 Å². The Bertz CT molecular complexity index is 1050. The Hall–Kier alpha value is -3.10. The minimum absolute atomic E-state index is 0.00137. The van der Waals surface area contributed by atoms with E-state index < -0.39 is 29.8 Å². The van der Waals surface area contributed by atoms with Gasteiger partial charge in [-0.2, -0.15) is 5.10 Å². The van der Waals surface area contributed by atoms with Crippen LogP contribution in [0.1, 0.15) is 28.4 Å². The molecule has 140 valence electrons. The number of aromatic nitrogens is 3. The van der Waals surface area contributed by atoms with Gasteiger partial charge in [-0.1, -0.05) is 0 Å². The van der Waals surface area contributed by atoms with E-state index in [1.165, 1.54) is 16.9 Å². The zero-order chi connectivity index (χ0) is 19.3. The van der Waals surface area contributed by atoms with Gasteiger partial charge in [-0.25, -0.2) is 22.8 Å². The standard InChI is InChI=1S/C18H16F3N5O/c1-25-17-13(4-9(7-23-17)16(22)27)18(24-25)26-8-11(20)6-15(26)12-5-10(19)2-3-14(12)21/h2-5,7,11,15H,6,8H2,1H3,(H2,22,27)/t11-,15+/m0/s1. The highest BCUT2D eigenvalue weighted by atomic mass is 19.1. The summed E-state index contributed by atoms with van der Waals surface area (Å²) in [5.41, 5.74) is 6.03. The summed E-state index contributed by atoms with van der Waals surface area (Å²) in [5, 5.41) is 4.87. The first-order chi connectivity index (χ1) is 12.8. The molecule has 1 amide bonds. The molecular formula is C18H16F3N5O. The zero-order valence-corrected chi connectivity index (χ0v) is 14.4. The average molecular weight is 375 g/mol. The van der Waals surface area contributed by atoms with E-state index in [1.807, 2.05) is 0 Å². The maximum atomic E-state index is 14.3. The molecule has 0 unspecified atom stereocenters. The van der Waals surface area contributed by atoms with Crippen molar-refractivity contribution in [2.24, 2.45) is 12.8 Å². The molecule has 1 saturated heterocycles. The lowest BCUT2D eigenvalue weighted by atomic mass is 10.0. The summed E-state index contributed by atoms with van der Waals surface area (Å²) in [4.78, 5) is 17.3. The van der Waals surface area contributed by atoms with Crippen LogP contribution in [0.3, 0.4) is 0 Å². The Kier molecular flexibility index (Phi) is 4.01. The molecule has 0 spiro atoms. The molecule has 3 heterocycles. The van der Waals surface area contributed by atoms with Crippen LogP contribution >= 0.6 is 0 Å². The second-order valence-electron chi connectivity index (χ2n) is 6.57. The number of alkyl halides is 1. The van der Waals surface area contributed by atoms with Crippen molar-refractivity contribution in [2.75, 3.05) is 11.4 Å². The maximum absolute atomic E-state index is 14.3. The molecule has 1 aliphatic heterocycles. The van der Waals surface area contributed by atoms with Crippen molar-refractivity contribution in [3.8, 4) is 0 Å². The Labute approximate surface area is 152 Å². The quantitative estimate of drug-likeness (QED) is 0.764. The molecule has 3 aromatic rings. The number of carbonyl (C=O) groups is 1. The van der Waals surface area contributed by atoms with Crippen molar-refractivity contribution in [1.29, 1.82) is 0 Å². The molecule has 0 aliphatic carbocycles. The Morgan fingerprint density at radius 1 is 1.30 bits per heavy atom.